The molecular weight excluding hydrogens is 266 g/mol. The van der Waals surface area contributed by atoms with Crippen molar-refractivity contribution in [3.05, 3.63) is 34.6 Å². The molecule has 0 aliphatic carbocycles. The Hall–Kier alpha value is -0.840. The third-order valence-corrected chi connectivity index (χ3v) is 2.45. The van der Waals surface area contributed by atoms with E-state index in [0.717, 1.165) is 5.56 Å². The van der Waals surface area contributed by atoms with Gasteiger partial charge >= 0.3 is 0 Å². The molecule has 6 heteroatoms. The van der Waals surface area contributed by atoms with Crippen LogP contribution in [0.4, 0.5) is 4.39 Å². The Morgan fingerprint density at radius 1 is 1.53 bits per heavy atom. The number of carbonyl (C=O) groups is 1. The van der Waals surface area contributed by atoms with Gasteiger partial charge in [-0.3, -0.25) is 4.79 Å². The van der Waals surface area contributed by atoms with Gasteiger partial charge in [-0.05, 0) is 31.7 Å². The molecule has 0 fully saturated rings. The lowest BCUT2D eigenvalue weighted by Gasteiger charge is -2.14. The van der Waals surface area contributed by atoms with Crippen molar-refractivity contribution in [1.29, 1.82) is 0 Å². The van der Waals surface area contributed by atoms with Crippen molar-refractivity contribution in [2.24, 2.45) is 0 Å². The second-order valence-corrected chi connectivity index (χ2v) is 3.90. The van der Waals surface area contributed by atoms with E-state index in [1.165, 1.54) is 12.1 Å². The highest BCUT2D eigenvalue weighted by Gasteiger charge is 2.10. The molecule has 0 saturated carbocycles. The average molecular weight is 281 g/mol. The predicted molar refractivity (Wildman–Crippen MR) is 69.1 cm³/mol. The highest BCUT2D eigenvalue weighted by Crippen LogP contribution is 2.20. The standard InChI is InChI=1S/C11H14ClFN2O.ClH/c1-7(15-11(16)6-14-2)8-3-4-10(13)9(12)5-8;/h3-5,7,14H,6H2,1-2H3,(H,15,16);1H. The molecule has 0 aliphatic rings. The van der Waals surface area contributed by atoms with E-state index in [-0.39, 0.29) is 35.9 Å². The minimum Gasteiger partial charge on any atom is -0.348 e. The van der Waals surface area contributed by atoms with Crippen LogP contribution < -0.4 is 10.6 Å². The van der Waals surface area contributed by atoms with Crippen LogP contribution in [0, 0.1) is 5.82 Å². The molecule has 1 rings (SSSR count). The summed E-state index contributed by atoms with van der Waals surface area (Å²) in [7, 11) is 1.69. The zero-order valence-electron chi connectivity index (χ0n) is 9.59. The normalized spacial score (nSPS) is 11.5. The van der Waals surface area contributed by atoms with Crippen LogP contribution in [-0.2, 0) is 4.79 Å². The molecule has 96 valence electrons. The topological polar surface area (TPSA) is 41.1 Å². The largest absolute Gasteiger partial charge is 0.348 e. The summed E-state index contributed by atoms with van der Waals surface area (Å²) in [6.45, 7) is 2.07. The Labute approximate surface area is 111 Å². The first-order valence-corrected chi connectivity index (χ1v) is 5.31. The van der Waals surface area contributed by atoms with Crippen molar-refractivity contribution in [2.45, 2.75) is 13.0 Å². The van der Waals surface area contributed by atoms with Gasteiger partial charge in [0.1, 0.15) is 5.82 Å². The van der Waals surface area contributed by atoms with E-state index in [1.807, 2.05) is 6.92 Å². The molecule has 17 heavy (non-hydrogen) atoms. The molecule has 0 saturated heterocycles. The average Bonchev–Trinajstić information content (AvgIpc) is 2.22. The quantitative estimate of drug-likeness (QED) is 0.889. The van der Waals surface area contributed by atoms with Gasteiger partial charge in [-0.15, -0.1) is 12.4 Å². The van der Waals surface area contributed by atoms with Gasteiger partial charge in [0.15, 0.2) is 0 Å². The van der Waals surface area contributed by atoms with Crippen molar-refractivity contribution in [3.8, 4) is 0 Å². The van der Waals surface area contributed by atoms with Crippen LogP contribution in [0.25, 0.3) is 0 Å². The summed E-state index contributed by atoms with van der Waals surface area (Å²) in [4.78, 5) is 11.3. The van der Waals surface area contributed by atoms with Crippen molar-refractivity contribution in [2.75, 3.05) is 13.6 Å². The van der Waals surface area contributed by atoms with E-state index >= 15 is 0 Å². The van der Waals surface area contributed by atoms with Gasteiger partial charge < -0.3 is 10.6 Å². The van der Waals surface area contributed by atoms with E-state index in [4.69, 9.17) is 11.6 Å². The van der Waals surface area contributed by atoms with Gasteiger partial charge in [-0.25, -0.2) is 4.39 Å². The zero-order valence-corrected chi connectivity index (χ0v) is 11.2. The first kappa shape index (κ1) is 16.2. The van der Waals surface area contributed by atoms with Gasteiger partial charge in [0.05, 0.1) is 17.6 Å². The lowest BCUT2D eigenvalue weighted by atomic mass is 10.1. The van der Waals surface area contributed by atoms with Crippen LogP contribution >= 0.6 is 24.0 Å². The van der Waals surface area contributed by atoms with Gasteiger partial charge in [0.25, 0.3) is 0 Å². The van der Waals surface area contributed by atoms with E-state index < -0.39 is 5.82 Å². The number of hydrogen-bond acceptors (Lipinski definition) is 2. The Kier molecular flexibility index (Phi) is 7.11. The molecule has 0 bridgehead atoms. The van der Waals surface area contributed by atoms with E-state index in [2.05, 4.69) is 10.6 Å². The molecule has 0 aromatic heterocycles. The summed E-state index contributed by atoms with van der Waals surface area (Å²) >= 11 is 5.66. The lowest BCUT2D eigenvalue weighted by Crippen LogP contribution is -2.33. The molecule has 2 N–H and O–H groups in total. The van der Waals surface area contributed by atoms with Gasteiger partial charge in [0.2, 0.25) is 5.91 Å². The second-order valence-electron chi connectivity index (χ2n) is 3.49. The first-order chi connectivity index (χ1) is 7.54. The Morgan fingerprint density at radius 2 is 2.18 bits per heavy atom. The van der Waals surface area contributed by atoms with Crippen LogP contribution in [0.5, 0.6) is 0 Å². The van der Waals surface area contributed by atoms with E-state index in [1.54, 1.807) is 13.1 Å². The monoisotopic (exact) mass is 280 g/mol. The minimum atomic E-state index is -0.459. The van der Waals surface area contributed by atoms with Crippen LogP contribution in [0.2, 0.25) is 5.02 Å². The summed E-state index contributed by atoms with van der Waals surface area (Å²) in [5.41, 5.74) is 0.774. The summed E-state index contributed by atoms with van der Waals surface area (Å²) in [6, 6.07) is 4.21. The first-order valence-electron chi connectivity index (χ1n) is 4.93. The Morgan fingerprint density at radius 3 is 2.71 bits per heavy atom. The fourth-order valence-electron chi connectivity index (χ4n) is 1.32. The third-order valence-electron chi connectivity index (χ3n) is 2.16. The molecule has 1 unspecified atom stereocenters. The molecule has 1 aromatic carbocycles. The lowest BCUT2D eigenvalue weighted by molar-refractivity contribution is -0.120. The number of halogens is 3. The van der Waals surface area contributed by atoms with Crippen LogP contribution in [0.3, 0.4) is 0 Å². The third kappa shape index (κ3) is 4.89. The minimum absolute atomic E-state index is 0. The number of hydrogen-bond donors (Lipinski definition) is 2. The van der Waals surface area contributed by atoms with Crippen molar-refractivity contribution in [1.82, 2.24) is 10.6 Å². The number of benzene rings is 1. The van der Waals surface area contributed by atoms with Crippen molar-refractivity contribution < 1.29 is 9.18 Å². The molecule has 1 amide bonds. The molecule has 1 atom stereocenters. The number of carbonyl (C=O) groups excluding carboxylic acids is 1. The molecule has 1 aromatic rings. The highest BCUT2D eigenvalue weighted by atomic mass is 35.5. The van der Waals surface area contributed by atoms with Gasteiger partial charge in [-0.2, -0.15) is 0 Å². The Bertz CT molecular complexity index is 388. The second kappa shape index (κ2) is 7.48. The van der Waals surface area contributed by atoms with Gasteiger partial charge in [-0.1, -0.05) is 17.7 Å². The van der Waals surface area contributed by atoms with Crippen molar-refractivity contribution >= 4 is 29.9 Å². The molecule has 0 heterocycles. The zero-order chi connectivity index (χ0) is 12.1. The van der Waals surface area contributed by atoms with E-state index in [0.29, 0.717) is 0 Å². The molecule has 0 spiro atoms. The Balaban J connectivity index is 0.00000256. The van der Waals surface area contributed by atoms with Gasteiger partial charge in [0, 0.05) is 0 Å². The summed E-state index contributed by atoms with van der Waals surface area (Å²) < 4.78 is 12.9. The predicted octanol–water partition coefficient (Wildman–Crippen LogP) is 2.30. The van der Waals surface area contributed by atoms with Crippen molar-refractivity contribution in [3.63, 3.8) is 0 Å². The molecule has 3 nitrogen and oxygen atoms in total. The number of amides is 1. The fourth-order valence-corrected chi connectivity index (χ4v) is 1.51. The smallest absolute Gasteiger partial charge is 0.234 e. The van der Waals surface area contributed by atoms with Crippen LogP contribution in [0.15, 0.2) is 18.2 Å². The number of nitrogens with one attached hydrogen (secondary N) is 2. The SMILES string of the molecule is CNCC(=O)NC(C)c1ccc(F)c(Cl)c1.Cl. The van der Waals surface area contributed by atoms with E-state index in [9.17, 15) is 9.18 Å². The maximum absolute atomic E-state index is 12.9. The summed E-state index contributed by atoms with van der Waals surface area (Å²) in [5, 5.41) is 5.57. The van der Waals surface area contributed by atoms with Crippen LogP contribution in [0.1, 0.15) is 18.5 Å². The molecule has 0 radical (unpaired) electrons. The highest BCUT2D eigenvalue weighted by molar-refractivity contribution is 6.30. The molecular formula is C11H15Cl2FN2O. The maximum Gasteiger partial charge on any atom is 0.234 e. The maximum atomic E-state index is 12.9. The summed E-state index contributed by atoms with van der Waals surface area (Å²) in [5.74, 6) is -0.574. The molecule has 0 aliphatic heterocycles. The summed E-state index contributed by atoms with van der Waals surface area (Å²) in [6.07, 6.45) is 0. The fraction of sp³-hybridized carbons (Fsp3) is 0.364. The van der Waals surface area contributed by atoms with Crippen LogP contribution in [-0.4, -0.2) is 19.5 Å². The number of likely N-dealkylation sites (N-methyl/N-ethyl adjacent to an activating group) is 1. The number of rotatable bonds is 4.